The fraction of sp³-hybridized carbons (Fsp3) is 0.571. The van der Waals surface area contributed by atoms with Gasteiger partial charge in [-0.25, -0.2) is 0 Å². The van der Waals surface area contributed by atoms with Crippen LogP contribution in [0.1, 0.15) is 31.2 Å². The van der Waals surface area contributed by atoms with Gasteiger partial charge in [0.05, 0.1) is 0 Å². The van der Waals surface area contributed by atoms with E-state index in [2.05, 4.69) is 5.32 Å². The number of halogens is 3. The van der Waals surface area contributed by atoms with E-state index in [9.17, 15) is 13.2 Å². The highest BCUT2D eigenvalue weighted by Gasteiger charge is 2.26. The molecule has 18 heavy (non-hydrogen) atoms. The van der Waals surface area contributed by atoms with Crippen LogP contribution in [0.4, 0.5) is 13.2 Å². The van der Waals surface area contributed by atoms with Gasteiger partial charge >= 0.3 is 6.18 Å². The van der Waals surface area contributed by atoms with Gasteiger partial charge in [-0.1, -0.05) is 30.3 Å². The van der Waals surface area contributed by atoms with Crippen LogP contribution in [0.15, 0.2) is 30.3 Å². The van der Waals surface area contributed by atoms with Gasteiger partial charge in [0.1, 0.15) is 0 Å². The van der Waals surface area contributed by atoms with Gasteiger partial charge in [-0.2, -0.15) is 13.2 Å². The Bertz CT molecular complexity index is 322. The van der Waals surface area contributed by atoms with Gasteiger partial charge in [-0.15, -0.1) is 0 Å². The second-order valence-electron chi connectivity index (χ2n) is 4.52. The molecule has 0 spiro atoms. The number of nitrogens with one attached hydrogen (secondary N) is 1. The zero-order valence-electron chi connectivity index (χ0n) is 10.6. The molecule has 0 bridgehead atoms. The first-order chi connectivity index (χ1) is 8.51. The quantitative estimate of drug-likeness (QED) is 0.782. The standard InChI is InChI=1S/C14H20F3N/c1-18-13(8-5-11-14(15,16)17)10-9-12-6-3-2-4-7-12/h2-4,6-7,13,18H,5,8-11H2,1H3. The van der Waals surface area contributed by atoms with Crippen LogP contribution in [0.3, 0.4) is 0 Å². The molecule has 1 aromatic carbocycles. The summed E-state index contributed by atoms with van der Waals surface area (Å²) in [6, 6.07) is 10.2. The zero-order chi connectivity index (χ0) is 13.4. The van der Waals surface area contributed by atoms with Crippen molar-refractivity contribution < 1.29 is 13.2 Å². The summed E-state index contributed by atoms with van der Waals surface area (Å²) in [5.41, 5.74) is 1.23. The van der Waals surface area contributed by atoms with E-state index < -0.39 is 12.6 Å². The molecule has 0 radical (unpaired) electrons. The lowest BCUT2D eigenvalue weighted by Crippen LogP contribution is -2.26. The van der Waals surface area contributed by atoms with Crippen LogP contribution in [0.2, 0.25) is 0 Å². The molecule has 1 aromatic rings. The molecular weight excluding hydrogens is 239 g/mol. The number of benzene rings is 1. The smallest absolute Gasteiger partial charge is 0.317 e. The molecule has 1 atom stereocenters. The topological polar surface area (TPSA) is 12.0 Å². The average molecular weight is 259 g/mol. The summed E-state index contributed by atoms with van der Waals surface area (Å²) < 4.78 is 36.1. The number of aryl methyl sites for hydroxylation is 1. The van der Waals surface area contributed by atoms with Crippen molar-refractivity contribution in [2.45, 2.75) is 44.3 Å². The van der Waals surface area contributed by atoms with Crippen molar-refractivity contribution in [3.8, 4) is 0 Å². The van der Waals surface area contributed by atoms with Gasteiger partial charge in [0, 0.05) is 12.5 Å². The van der Waals surface area contributed by atoms with Crippen LogP contribution < -0.4 is 5.32 Å². The number of alkyl halides is 3. The normalized spacial score (nSPS) is 13.6. The van der Waals surface area contributed by atoms with Crippen molar-refractivity contribution in [2.75, 3.05) is 7.05 Å². The van der Waals surface area contributed by atoms with E-state index in [1.165, 1.54) is 5.56 Å². The largest absolute Gasteiger partial charge is 0.389 e. The summed E-state index contributed by atoms with van der Waals surface area (Å²) in [5, 5.41) is 3.09. The molecular formula is C14H20F3N. The third kappa shape index (κ3) is 6.64. The highest BCUT2D eigenvalue weighted by Crippen LogP contribution is 2.23. The monoisotopic (exact) mass is 259 g/mol. The van der Waals surface area contributed by atoms with E-state index in [1.807, 2.05) is 37.4 Å². The highest BCUT2D eigenvalue weighted by molar-refractivity contribution is 5.14. The van der Waals surface area contributed by atoms with Gasteiger partial charge in [0.2, 0.25) is 0 Å². The van der Waals surface area contributed by atoms with Gasteiger partial charge in [0.25, 0.3) is 0 Å². The molecule has 1 nitrogen and oxygen atoms in total. The van der Waals surface area contributed by atoms with Crippen LogP contribution in [0.25, 0.3) is 0 Å². The molecule has 1 unspecified atom stereocenters. The van der Waals surface area contributed by atoms with Crippen LogP contribution in [0.5, 0.6) is 0 Å². The molecule has 0 aliphatic carbocycles. The molecule has 4 heteroatoms. The third-order valence-corrected chi connectivity index (χ3v) is 3.05. The van der Waals surface area contributed by atoms with E-state index in [0.717, 1.165) is 12.8 Å². The predicted octanol–water partition coefficient (Wildman–Crippen LogP) is 3.94. The molecule has 0 saturated carbocycles. The molecule has 0 saturated heterocycles. The lowest BCUT2D eigenvalue weighted by Gasteiger charge is -2.16. The minimum Gasteiger partial charge on any atom is -0.317 e. The minimum absolute atomic E-state index is 0.160. The third-order valence-electron chi connectivity index (χ3n) is 3.05. The first kappa shape index (κ1) is 15.0. The van der Waals surface area contributed by atoms with Crippen LogP contribution in [-0.2, 0) is 6.42 Å². The van der Waals surface area contributed by atoms with Crippen LogP contribution in [0, 0.1) is 0 Å². The van der Waals surface area contributed by atoms with Crippen LogP contribution >= 0.6 is 0 Å². The Balaban J connectivity index is 2.25. The van der Waals surface area contributed by atoms with Crippen molar-refractivity contribution in [2.24, 2.45) is 0 Å². The molecule has 1 N–H and O–H groups in total. The van der Waals surface area contributed by atoms with Crippen LogP contribution in [-0.4, -0.2) is 19.3 Å². The summed E-state index contributed by atoms with van der Waals surface area (Å²) >= 11 is 0. The molecule has 0 fully saturated rings. The van der Waals surface area contributed by atoms with E-state index >= 15 is 0 Å². The summed E-state index contributed by atoms with van der Waals surface area (Å²) in [6.45, 7) is 0. The van der Waals surface area contributed by atoms with Gasteiger partial charge in [-0.05, 0) is 38.3 Å². The minimum atomic E-state index is -4.03. The lowest BCUT2D eigenvalue weighted by molar-refractivity contribution is -0.135. The zero-order valence-corrected chi connectivity index (χ0v) is 10.6. The van der Waals surface area contributed by atoms with Crippen molar-refractivity contribution in [3.05, 3.63) is 35.9 Å². The lowest BCUT2D eigenvalue weighted by atomic mass is 10.0. The molecule has 0 amide bonds. The van der Waals surface area contributed by atoms with Crippen molar-refractivity contribution >= 4 is 0 Å². The van der Waals surface area contributed by atoms with Crippen molar-refractivity contribution in [1.29, 1.82) is 0 Å². The van der Waals surface area contributed by atoms with Gasteiger partial charge in [-0.3, -0.25) is 0 Å². The molecule has 0 aliphatic heterocycles. The Hall–Kier alpha value is -1.03. The Labute approximate surface area is 106 Å². The van der Waals surface area contributed by atoms with Gasteiger partial charge in [0.15, 0.2) is 0 Å². The van der Waals surface area contributed by atoms with Gasteiger partial charge < -0.3 is 5.32 Å². The van der Waals surface area contributed by atoms with Crippen molar-refractivity contribution in [3.63, 3.8) is 0 Å². The second kappa shape index (κ2) is 7.41. The SMILES string of the molecule is CNC(CCCC(F)(F)F)CCc1ccccc1. The predicted molar refractivity (Wildman–Crippen MR) is 67.5 cm³/mol. The Morgan fingerprint density at radius 2 is 1.78 bits per heavy atom. The first-order valence-corrected chi connectivity index (χ1v) is 6.29. The second-order valence-corrected chi connectivity index (χ2v) is 4.52. The van der Waals surface area contributed by atoms with E-state index in [-0.39, 0.29) is 12.5 Å². The Kier molecular flexibility index (Phi) is 6.19. The number of rotatable bonds is 7. The fourth-order valence-corrected chi connectivity index (χ4v) is 1.97. The maximum Gasteiger partial charge on any atom is 0.389 e. The summed E-state index contributed by atoms with van der Waals surface area (Å²) in [4.78, 5) is 0. The van der Waals surface area contributed by atoms with E-state index in [4.69, 9.17) is 0 Å². The van der Waals surface area contributed by atoms with E-state index in [1.54, 1.807) is 0 Å². The Morgan fingerprint density at radius 1 is 1.11 bits per heavy atom. The number of hydrogen-bond acceptors (Lipinski definition) is 1. The summed E-state index contributed by atoms with van der Waals surface area (Å²) in [6.07, 6.45) is -2.17. The average Bonchev–Trinajstić information content (AvgIpc) is 2.33. The van der Waals surface area contributed by atoms with Crippen molar-refractivity contribution in [1.82, 2.24) is 5.32 Å². The molecule has 1 rings (SSSR count). The highest BCUT2D eigenvalue weighted by atomic mass is 19.4. The maximum atomic E-state index is 12.0. The maximum absolute atomic E-state index is 12.0. The molecule has 0 aliphatic rings. The fourth-order valence-electron chi connectivity index (χ4n) is 1.97. The Morgan fingerprint density at radius 3 is 2.33 bits per heavy atom. The summed E-state index contributed by atoms with van der Waals surface area (Å²) in [5.74, 6) is 0. The number of hydrogen-bond donors (Lipinski definition) is 1. The molecule has 0 aromatic heterocycles. The first-order valence-electron chi connectivity index (χ1n) is 6.29. The van der Waals surface area contributed by atoms with E-state index in [0.29, 0.717) is 6.42 Å². The summed E-state index contributed by atoms with van der Waals surface area (Å²) in [7, 11) is 1.81. The molecule has 0 heterocycles. The molecule has 102 valence electrons.